The summed E-state index contributed by atoms with van der Waals surface area (Å²) in [4.78, 5) is 49.4. The van der Waals surface area contributed by atoms with Gasteiger partial charge < -0.3 is 15.7 Å². The Labute approximate surface area is 175 Å². The van der Waals surface area contributed by atoms with Crippen LogP contribution in [0, 0.1) is 0 Å². The molecule has 2 aliphatic heterocycles. The lowest BCUT2D eigenvalue weighted by atomic mass is 9.88. The van der Waals surface area contributed by atoms with E-state index < -0.39 is 55.0 Å². The van der Waals surface area contributed by atoms with E-state index in [1.54, 1.807) is 6.07 Å². The van der Waals surface area contributed by atoms with Crippen molar-refractivity contribution in [2.75, 3.05) is 0 Å². The summed E-state index contributed by atoms with van der Waals surface area (Å²) in [6.45, 7) is 3.05. The molecule has 13 heteroatoms. The van der Waals surface area contributed by atoms with E-state index in [1.165, 1.54) is 38.1 Å². The molecule has 2 heterocycles. The fourth-order valence-electron chi connectivity index (χ4n) is 3.82. The molecule has 0 aliphatic carbocycles. The summed E-state index contributed by atoms with van der Waals surface area (Å²) in [5.41, 5.74) is -2.03. The molecule has 0 bridgehead atoms. The SMILES string of the molecule is CC1(C)S[C@@H]2[C@@H](NC(=O)[C@@H](c3ccccc3)S(=O)(=O)O)C(=O)N2[C@@]1(NC=O)C(=O)O. The molecule has 0 spiro atoms. The molecular weight excluding hydrogens is 438 g/mol. The molecule has 0 aromatic heterocycles. The van der Waals surface area contributed by atoms with Crippen LogP contribution in [0.25, 0.3) is 0 Å². The van der Waals surface area contributed by atoms with Crippen LogP contribution in [0.1, 0.15) is 24.7 Å². The summed E-state index contributed by atoms with van der Waals surface area (Å²) in [7, 11) is -4.85. The summed E-state index contributed by atoms with van der Waals surface area (Å²) in [5, 5.41) is 11.4. The summed E-state index contributed by atoms with van der Waals surface area (Å²) < 4.78 is 32.0. The monoisotopic (exact) mass is 457 g/mol. The standard InChI is InChI=1S/C17H19N3O8S2/c1-16(2)17(15(24)25,18-8-21)20-13(23)10(14(20)29-16)19-12(22)11(30(26,27)28)9-6-4-3-5-7-9/h3-8,10-11,14H,1-2H3,(H,18,21)(H,19,22)(H,24,25)(H,26,27,28)/t10-,11+,14+,17-/m0/s1. The molecule has 4 atom stereocenters. The number of fused-ring (bicyclic) bond motifs is 1. The number of aliphatic carboxylic acids is 1. The first-order valence-electron chi connectivity index (χ1n) is 8.66. The predicted molar refractivity (Wildman–Crippen MR) is 105 cm³/mol. The van der Waals surface area contributed by atoms with Gasteiger partial charge in [-0.3, -0.25) is 23.8 Å². The van der Waals surface area contributed by atoms with Crippen molar-refractivity contribution in [3.8, 4) is 0 Å². The Hall–Kier alpha value is -2.64. The Morgan fingerprint density at radius 2 is 1.87 bits per heavy atom. The zero-order valence-corrected chi connectivity index (χ0v) is 17.4. The second kappa shape index (κ2) is 7.25. The number of hydrogen-bond donors (Lipinski definition) is 4. The van der Waals surface area contributed by atoms with Crippen LogP contribution in [-0.4, -0.2) is 69.0 Å². The zero-order valence-electron chi connectivity index (χ0n) is 15.8. The molecule has 3 rings (SSSR count). The third-order valence-electron chi connectivity index (χ3n) is 5.20. The average Bonchev–Trinajstić information content (AvgIpc) is 2.85. The van der Waals surface area contributed by atoms with E-state index in [4.69, 9.17) is 0 Å². The highest BCUT2D eigenvalue weighted by atomic mass is 32.2. The van der Waals surface area contributed by atoms with Crippen LogP contribution < -0.4 is 10.6 Å². The van der Waals surface area contributed by atoms with E-state index in [0.717, 1.165) is 16.7 Å². The molecule has 2 saturated heterocycles. The molecule has 3 amide bonds. The third kappa shape index (κ3) is 3.13. The lowest BCUT2D eigenvalue weighted by molar-refractivity contribution is -0.175. The Morgan fingerprint density at radius 3 is 2.37 bits per heavy atom. The van der Waals surface area contributed by atoms with E-state index in [2.05, 4.69) is 10.6 Å². The van der Waals surface area contributed by atoms with Crippen LogP contribution in [-0.2, 0) is 29.3 Å². The summed E-state index contributed by atoms with van der Waals surface area (Å²) >= 11 is 1.04. The quantitative estimate of drug-likeness (QED) is 0.235. The Kier molecular flexibility index (Phi) is 5.33. The second-order valence-electron chi connectivity index (χ2n) is 7.30. The van der Waals surface area contributed by atoms with Gasteiger partial charge in [0.05, 0.1) is 4.75 Å². The molecule has 0 unspecified atom stereocenters. The van der Waals surface area contributed by atoms with Gasteiger partial charge in [-0.05, 0) is 19.4 Å². The van der Waals surface area contributed by atoms with Gasteiger partial charge in [-0.1, -0.05) is 30.3 Å². The largest absolute Gasteiger partial charge is 0.478 e. The second-order valence-corrected chi connectivity index (χ2v) is 10.5. The van der Waals surface area contributed by atoms with Crippen molar-refractivity contribution in [3.63, 3.8) is 0 Å². The molecule has 0 radical (unpaired) electrons. The molecular formula is C17H19N3O8S2. The number of carboxylic acid groups (broad SMARTS) is 1. The summed E-state index contributed by atoms with van der Waals surface area (Å²) in [6.07, 6.45) is 0.182. The topological polar surface area (TPSA) is 170 Å². The van der Waals surface area contributed by atoms with Crippen molar-refractivity contribution < 1.29 is 37.3 Å². The maximum absolute atomic E-state index is 12.7. The molecule has 2 fully saturated rings. The van der Waals surface area contributed by atoms with Crippen LogP contribution in [0.2, 0.25) is 0 Å². The minimum absolute atomic E-state index is 0.00281. The van der Waals surface area contributed by atoms with Crippen molar-refractivity contribution >= 4 is 46.1 Å². The van der Waals surface area contributed by atoms with Crippen molar-refractivity contribution in [1.82, 2.24) is 15.5 Å². The van der Waals surface area contributed by atoms with Gasteiger partial charge in [0.2, 0.25) is 18.0 Å². The molecule has 0 saturated carbocycles. The number of β-lactam (4-membered cyclic amide) rings is 1. The number of benzene rings is 1. The molecule has 162 valence electrons. The lowest BCUT2D eigenvalue weighted by Crippen LogP contribution is -2.79. The zero-order chi connectivity index (χ0) is 22.5. The van der Waals surface area contributed by atoms with Gasteiger partial charge in [-0.25, -0.2) is 4.79 Å². The molecule has 2 aliphatic rings. The maximum atomic E-state index is 12.7. The number of hydrogen-bond acceptors (Lipinski definition) is 7. The Bertz CT molecular complexity index is 1010. The van der Waals surface area contributed by atoms with Crippen LogP contribution in [0.5, 0.6) is 0 Å². The van der Waals surface area contributed by atoms with Crippen molar-refractivity contribution in [3.05, 3.63) is 35.9 Å². The van der Waals surface area contributed by atoms with E-state index in [-0.39, 0.29) is 12.0 Å². The van der Waals surface area contributed by atoms with E-state index >= 15 is 0 Å². The molecule has 1 aromatic rings. The molecule has 4 N–H and O–H groups in total. The molecule has 30 heavy (non-hydrogen) atoms. The number of nitrogens with one attached hydrogen (secondary N) is 2. The number of rotatable bonds is 7. The van der Waals surface area contributed by atoms with Crippen molar-refractivity contribution in [2.45, 2.75) is 40.9 Å². The van der Waals surface area contributed by atoms with Gasteiger partial charge in [-0.15, -0.1) is 11.8 Å². The minimum atomic E-state index is -4.85. The predicted octanol–water partition coefficient (Wildman–Crippen LogP) is -0.679. The minimum Gasteiger partial charge on any atom is -0.478 e. The highest BCUT2D eigenvalue weighted by molar-refractivity contribution is 8.01. The number of amides is 3. The van der Waals surface area contributed by atoms with Gasteiger partial charge in [-0.2, -0.15) is 8.42 Å². The first-order chi connectivity index (χ1) is 13.9. The Morgan fingerprint density at radius 1 is 1.27 bits per heavy atom. The van der Waals surface area contributed by atoms with E-state index in [0.29, 0.717) is 0 Å². The summed E-state index contributed by atoms with van der Waals surface area (Å²) in [6, 6.07) is 6.01. The third-order valence-corrected chi connectivity index (χ3v) is 7.90. The fraction of sp³-hybridized carbons (Fsp3) is 0.412. The van der Waals surface area contributed by atoms with E-state index in [9.17, 15) is 37.3 Å². The number of carbonyl (C=O) groups excluding carboxylic acids is 3. The first kappa shape index (κ1) is 22.1. The lowest BCUT2D eigenvalue weighted by Gasteiger charge is -2.49. The highest BCUT2D eigenvalue weighted by Gasteiger charge is 2.73. The number of carboxylic acids is 1. The van der Waals surface area contributed by atoms with Crippen molar-refractivity contribution in [1.29, 1.82) is 0 Å². The number of nitrogens with zero attached hydrogens (tertiary/aromatic N) is 1. The van der Waals surface area contributed by atoms with Crippen LogP contribution >= 0.6 is 11.8 Å². The maximum Gasteiger partial charge on any atom is 0.352 e. The first-order valence-corrected chi connectivity index (χ1v) is 11.0. The van der Waals surface area contributed by atoms with Crippen molar-refractivity contribution in [2.24, 2.45) is 0 Å². The normalized spacial score (nSPS) is 28.1. The van der Waals surface area contributed by atoms with Crippen LogP contribution in [0.3, 0.4) is 0 Å². The molecule has 11 nitrogen and oxygen atoms in total. The van der Waals surface area contributed by atoms with Gasteiger partial charge in [0.15, 0.2) is 5.25 Å². The van der Waals surface area contributed by atoms with Crippen LogP contribution in [0.15, 0.2) is 30.3 Å². The van der Waals surface area contributed by atoms with Gasteiger partial charge in [0, 0.05) is 0 Å². The summed E-state index contributed by atoms with van der Waals surface area (Å²) in [5.74, 6) is -3.38. The Balaban J connectivity index is 1.90. The van der Waals surface area contributed by atoms with E-state index in [1.807, 2.05) is 0 Å². The van der Waals surface area contributed by atoms with Crippen LogP contribution in [0.4, 0.5) is 0 Å². The fourth-order valence-corrected chi connectivity index (χ4v) is 6.36. The molecule has 1 aromatic carbocycles. The van der Waals surface area contributed by atoms with Gasteiger partial charge >= 0.3 is 5.97 Å². The van der Waals surface area contributed by atoms with Gasteiger partial charge in [0.25, 0.3) is 16.0 Å². The average molecular weight is 457 g/mol. The smallest absolute Gasteiger partial charge is 0.352 e. The van der Waals surface area contributed by atoms with Gasteiger partial charge in [0.1, 0.15) is 11.4 Å². The highest BCUT2D eigenvalue weighted by Crippen LogP contribution is 2.55. The number of thioether (sulfide) groups is 1. The number of carbonyl (C=O) groups is 4.